The molecule has 0 spiro atoms. The number of rotatable bonds is 22. The smallest absolute Gasteiger partial charge is 0.362 e. The second-order valence-corrected chi connectivity index (χ2v) is 12.6. The summed E-state index contributed by atoms with van der Waals surface area (Å²) in [6.07, 6.45) is 25.8. The van der Waals surface area contributed by atoms with Crippen LogP contribution in [-0.4, -0.2) is 52.4 Å². The van der Waals surface area contributed by atoms with Crippen molar-refractivity contribution in [2.24, 2.45) is 0 Å². The lowest BCUT2D eigenvalue weighted by molar-refractivity contribution is -0.875. The Morgan fingerprint density at radius 1 is 0.688 bits per heavy atom. The van der Waals surface area contributed by atoms with Crippen molar-refractivity contribution in [3.05, 3.63) is 12.2 Å². The Morgan fingerprint density at radius 2 is 1.06 bits per heavy atom. The Bertz CT molecular complexity index is 512. The van der Waals surface area contributed by atoms with Crippen LogP contribution in [0.1, 0.15) is 122 Å². The fraction of sp³-hybridized carbons (Fsp3) is 0.923. The van der Waals surface area contributed by atoms with Crippen LogP contribution in [-0.2, 0) is 4.57 Å². The Hall–Kier alpha value is -0.190. The summed E-state index contributed by atoms with van der Waals surface area (Å²) >= 11 is 0. The van der Waals surface area contributed by atoms with Gasteiger partial charge in [-0.25, -0.2) is 0 Å². The van der Waals surface area contributed by atoms with Crippen molar-refractivity contribution in [3.63, 3.8) is 0 Å². The molecule has 0 radical (unpaired) electrons. The highest BCUT2D eigenvalue weighted by atomic mass is 31.2. The van der Waals surface area contributed by atoms with Gasteiger partial charge in [0.15, 0.2) is 0 Å². The van der Waals surface area contributed by atoms with Crippen LogP contribution in [0.4, 0.5) is 0 Å². The van der Waals surface area contributed by atoms with E-state index in [2.05, 4.69) is 19.1 Å². The van der Waals surface area contributed by atoms with Crippen molar-refractivity contribution in [3.8, 4) is 0 Å². The first kappa shape index (κ1) is 31.8. The van der Waals surface area contributed by atoms with Gasteiger partial charge in [0.1, 0.15) is 6.54 Å². The first-order chi connectivity index (χ1) is 15.0. The largest absolute Gasteiger partial charge is 0.373 e. The van der Waals surface area contributed by atoms with Crippen molar-refractivity contribution in [2.45, 2.75) is 128 Å². The quantitative estimate of drug-likeness (QED) is 0.0670. The molecule has 0 aromatic carbocycles. The van der Waals surface area contributed by atoms with Crippen LogP contribution >= 0.6 is 7.60 Å². The number of nitrogens with zero attached hydrogens (tertiary/aromatic N) is 1. The van der Waals surface area contributed by atoms with Crippen molar-refractivity contribution in [1.29, 1.82) is 0 Å². The van der Waals surface area contributed by atoms with E-state index in [4.69, 9.17) is 0 Å². The van der Waals surface area contributed by atoms with Crippen molar-refractivity contribution in [1.82, 2.24) is 0 Å². The molecule has 0 saturated carbocycles. The first-order valence-electron chi connectivity index (χ1n) is 13.3. The summed E-state index contributed by atoms with van der Waals surface area (Å²) in [5.41, 5.74) is 0. The van der Waals surface area contributed by atoms with Gasteiger partial charge < -0.3 is 19.4 Å². The van der Waals surface area contributed by atoms with Crippen LogP contribution in [0.2, 0.25) is 0 Å². The molecule has 0 aliphatic rings. The predicted octanol–water partition coefficient (Wildman–Crippen LogP) is 7.16. The maximum absolute atomic E-state index is 11.8. The van der Waals surface area contributed by atoms with E-state index in [9.17, 15) is 19.5 Å². The third kappa shape index (κ3) is 18.3. The Balaban J connectivity index is 3.56. The van der Waals surface area contributed by atoms with Crippen molar-refractivity contribution < 1.29 is 23.9 Å². The zero-order chi connectivity index (χ0) is 24.3. The highest BCUT2D eigenvalue weighted by molar-refractivity contribution is 7.53. The number of allylic oxidation sites excluding steroid dienone is 2. The lowest BCUT2D eigenvalue weighted by Crippen LogP contribution is -2.49. The van der Waals surface area contributed by atoms with Gasteiger partial charge in [0.25, 0.3) is 0 Å². The molecule has 0 heterocycles. The topological polar surface area (TPSA) is 77.8 Å². The number of hydrogen-bond donors (Lipinski definition) is 3. The number of hydrogen-bond acceptors (Lipinski definition) is 2. The predicted molar refractivity (Wildman–Crippen MR) is 138 cm³/mol. The molecule has 32 heavy (non-hydrogen) atoms. The molecule has 0 aromatic heterocycles. The SMILES string of the molecule is CCCCC/C=C\CCCCCCCCCCCCCCC(O)(C[N+](C)(C)C)P(=O)(O)O. The van der Waals surface area contributed by atoms with Gasteiger partial charge in [-0.1, -0.05) is 96.1 Å². The number of likely N-dealkylation sites (N-methyl/N-ethyl adjacent to an activating group) is 1. The highest BCUT2D eigenvalue weighted by Gasteiger charge is 2.48. The van der Waals surface area contributed by atoms with E-state index < -0.39 is 12.9 Å². The van der Waals surface area contributed by atoms with Gasteiger partial charge in [-0.3, -0.25) is 4.57 Å². The molecule has 0 amide bonds. The van der Waals surface area contributed by atoms with Crippen LogP contribution in [0.5, 0.6) is 0 Å². The van der Waals surface area contributed by atoms with E-state index >= 15 is 0 Å². The summed E-state index contributed by atoms with van der Waals surface area (Å²) in [6, 6.07) is 0. The second-order valence-electron chi connectivity index (χ2n) is 10.7. The first-order valence-corrected chi connectivity index (χ1v) is 14.9. The molecule has 5 nitrogen and oxygen atoms in total. The third-order valence-corrected chi connectivity index (χ3v) is 7.56. The minimum atomic E-state index is -4.54. The average Bonchev–Trinajstić information content (AvgIpc) is 2.67. The molecule has 0 fully saturated rings. The summed E-state index contributed by atoms with van der Waals surface area (Å²) in [6.45, 7) is 2.31. The van der Waals surface area contributed by atoms with E-state index in [0.717, 1.165) is 12.8 Å². The molecule has 0 bridgehead atoms. The van der Waals surface area contributed by atoms with E-state index in [1.165, 1.54) is 89.9 Å². The maximum atomic E-state index is 11.8. The molecule has 0 saturated heterocycles. The average molecular weight is 477 g/mol. The Morgan fingerprint density at radius 3 is 1.44 bits per heavy atom. The number of quaternary nitrogens is 1. The van der Waals surface area contributed by atoms with Gasteiger partial charge >= 0.3 is 7.60 Å². The summed E-state index contributed by atoms with van der Waals surface area (Å²) in [7, 11) is 0.984. The van der Waals surface area contributed by atoms with Gasteiger partial charge in [0.05, 0.1) is 21.1 Å². The number of aliphatic hydroxyl groups is 1. The molecule has 1 unspecified atom stereocenters. The molecule has 6 heteroatoms. The zero-order valence-electron chi connectivity index (χ0n) is 21.7. The molecule has 3 N–H and O–H groups in total. The van der Waals surface area contributed by atoms with Crippen molar-refractivity contribution in [2.75, 3.05) is 27.7 Å². The molecule has 192 valence electrons. The number of unbranched alkanes of at least 4 members (excludes halogenated alkanes) is 15. The van der Waals surface area contributed by atoms with Crippen LogP contribution in [0.3, 0.4) is 0 Å². The molecule has 0 aliphatic heterocycles. The maximum Gasteiger partial charge on any atom is 0.362 e. The molecule has 0 aliphatic carbocycles. The Kier molecular flexibility index (Phi) is 18.1. The van der Waals surface area contributed by atoms with Gasteiger partial charge in [0.2, 0.25) is 5.34 Å². The summed E-state index contributed by atoms with van der Waals surface area (Å²) in [5.74, 6) is 0. The molecule has 1 atom stereocenters. The van der Waals surface area contributed by atoms with E-state index in [1.54, 1.807) is 0 Å². The van der Waals surface area contributed by atoms with Gasteiger partial charge in [0, 0.05) is 0 Å². The van der Waals surface area contributed by atoms with Crippen molar-refractivity contribution >= 4 is 7.60 Å². The minimum absolute atomic E-state index is 0.0625. The fourth-order valence-electron chi connectivity index (χ4n) is 4.26. The van der Waals surface area contributed by atoms with Gasteiger partial charge in [-0.05, 0) is 38.5 Å². The summed E-state index contributed by atoms with van der Waals surface area (Å²) in [5, 5.41) is 8.64. The normalized spacial score (nSPS) is 14.8. The highest BCUT2D eigenvalue weighted by Crippen LogP contribution is 2.52. The lowest BCUT2D eigenvalue weighted by Gasteiger charge is -2.35. The van der Waals surface area contributed by atoms with Crippen LogP contribution in [0.25, 0.3) is 0 Å². The van der Waals surface area contributed by atoms with Gasteiger partial charge in [-0.15, -0.1) is 0 Å². The van der Waals surface area contributed by atoms with Crippen LogP contribution in [0.15, 0.2) is 12.2 Å². The summed E-state index contributed by atoms with van der Waals surface area (Å²) < 4.78 is 12.1. The zero-order valence-corrected chi connectivity index (χ0v) is 22.6. The van der Waals surface area contributed by atoms with Gasteiger partial charge in [-0.2, -0.15) is 0 Å². The van der Waals surface area contributed by atoms with Crippen LogP contribution < -0.4 is 0 Å². The van der Waals surface area contributed by atoms with E-state index in [0.29, 0.717) is 10.9 Å². The Labute approximate surface area is 199 Å². The molecular formula is C26H55NO4P+. The lowest BCUT2D eigenvalue weighted by atomic mass is 10.0. The minimum Gasteiger partial charge on any atom is -0.373 e. The molecule has 0 aromatic rings. The fourth-order valence-corrected chi connectivity index (χ4v) is 5.32. The monoisotopic (exact) mass is 476 g/mol. The van der Waals surface area contributed by atoms with E-state index in [1.807, 2.05) is 21.1 Å². The third-order valence-electron chi connectivity index (χ3n) is 6.11. The van der Waals surface area contributed by atoms with Crippen LogP contribution in [0, 0.1) is 0 Å². The molecule has 0 rings (SSSR count). The molecular weight excluding hydrogens is 421 g/mol. The standard InChI is InChI=1S/C26H54NO4P/c1-5-6-7-8-9-10-11-12-13-14-15-16-17-18-19-20-21-22-23-24-26(28,32(29,30)31)25-27(2,3)4/h9-10,28H,5-8,11-25H2,1-4H3,(H-,29,30,31)/p+1/b10-9-. The van der Waals surface area contributed by atoms with E-state index in [-0.39, 0.29) is 13.0 Å². The summed E-state index contributed by atoms with van der Waals surface area (Å²) in [4.78, 5) is 19.2. The second kappa shape index (κ2) is 18.2.